The highest BCUT2D eigenvalue weighted by Crippen LogP contribution is 2.32. The van der Waals surface area contributed by atoms with E-state index in [-0.39, 0.29) is 6.04 Å². The number of fused-ring (bicyclic) bond motifs is 1. The van der Waals surface area contributed by atoms with Gasteiger partial charge in [-0.05, 0) is 42.4 Å². The molecule has 0 bridgehead atoms. The van der Waals surface area contributed by atoms with E-state index in [9.17, 15) is 0 Å². The minimum Gasteiger partial charge on any atom is -0.454 e. The third kappa shape index (κ3) is 3.49. The van der Waals surface area contributed by atoms with E-state index in [4.69, 9.17) is 21.7 Å². The zero-order chi connectivity index (χ0) is 15.4. The van der Waals surface area contributed by atoms with Crippen LogP contribution in [0, 0.1) is 0 Å². The Bertz CT molecular complexity index is 661. The van der Waals surface area contributed by atoms with Crippen molar-refractivity contribution in [3.8, 4) is 11.5 Å². The van der Waals surface area contributed by atoms with E-state index in [2.05, 4.69) is 29.7 Å². The maximum atomic E-state index is 5.37. The van der Waals surface area contributed by atoms with Crippen LogP contribution in [0.4, 0.5) is 0 Å². The second kappa shape index (κ2) is 6.66. The van der Waals surface area contributed by atoms with Gasteiger partial charge >= 0.3 is 0 Å². The van der Waals surface area contributed by atoms with Gasteiger partial charge in [-0.1, -0.05) is 36.4 Å². The zero-order valence-corrected chi connectivity index (χ0v) is 13.2. The van der Waals surface area contributed by atoms with Crippen LogP contribution >= 0.6 is 12.2 Å². The molecule has 1 aliphatic rings. The fraction of sp³-hybridized carbons (Fsp3) is 0.235. The molecule has 1 heterocycles. The molecule has 4 nitrogen and oxygen atoms in total. The molecule has 0 saturated heterocycles. The van der Waals surface area contributed by atoms with E-state index in [0.717, 1.165) is 17.1 Å². The number of rotatable bonds is 4. The van der Waals surface area contributed by atoms with Gasteiger partial charge in [0.25, 0.3) is 0 Å². The van der Waals surface area contributed by atoms with Crippen LogP contribution < -0.4 is 20.1 Å². The lowest BCUT2D eigenvalue weighted by Crippen LogP contribution is -2.36. The molecule has 0 amide bonds. The molecule has 3 rings (SSSR count). The molecule has 22 heavy (non-hydrogen) atoms. The monoisotopic (exact) mass is 314 g/mol. The fourth-order valence-corrected chi connectivity index (χ4v) is 2.55. The first-order valence-electron chi connectivity index (χ1n) is 7.20. The topological polar surface area (TPSA) is 42.5 Å². The predicted octanol–water partition coefficient (Wildman–Crippen LogP) is 3.14. The molecule has 0 spiro atoms. The van der Waals surface area contributed by atoms with Crippen molar-refractivity contribution < 1.29 is 9.47 Å². The van der Waals surface area contributed by atoms with Gasteiger partial charge in [0.2, 0.25) is 6.79 Å². The molecule has 5 heteroatoms. The van der Waals surface area contributed by atoms with Crippen LogP contribution in [0.15, 0.2) is 48.5 Å². The third-order valence-electron chi connectivity index (χ3n) is 3.54. The Labute approximate surface area is 135 Å². The predicted molar refractivity (Wildman–Crippen MR) is 90.0 cm³/mol. The minimum absolute atomic E-state index is 0.165. The van der Waals surface area contributed by atoms with Crippen molar-refractivity contribution in [1.82, 2.24) is 10.6 Å². The summed E-state index contributed by atoms with van der Waals surface area (Å²) in [6, 6.07) is 16.3. The molecule has 2 N–H and O–H groups in total. The summed E-state index contributed by atoms with van der Waals surface area (Å²) in [4.78, 5) is 0. The quantitative estimate of drug-likeness (QED) is 0.849. The Morgan fingerprint density at radius 2 is 1.91 bits per heavy atom. The summed E-state index contributed by atoms with van der Waals surface area (Å²) in [5, 5.41) is 7.13. The van der Waals surface area contributed by atoms with E-state index < -0.39 is 0 Å². The molecule has 0 saturated carbocycles. The number of hydrogen-bond acceptors (Lipinski definition) is 3. The smallest absolute Gasteiger partial charge is 0.231 e. The lowest BCUT2D eigenvalue weighted by molar-refractivity contribution is 0.174. The van der Waals surface area contributed by atoms with Gasteiger partial charge in [-0.15, -0.1) is 0 Å². The highest BCUT2D eigenvalue weighted by Gasteiger charge is 2.13. The van der Waals surface area contributed by atoms with Crippen molar-refractivity contribution >= 4 is 17.3 Å². The highest BCUT2D eigenvalue weighted by molar-refractivity contribution is 7.80. The van der Waals surface area contributed by atoms with E-state index in [0.29, 0.717) is 18.5 Å². The van der Waals surface area contributed by atoms with Crippen LogP contribution in [0.1, 0.15) is 24.1 Å². The molecule has 1 aliphatic heterocycles. The molecule has 0 aromatic heterocycles. The molecule has 0 unspecified atom stereocenters. The van der Waals surface area contributed by atoms with E-state index in [1.165, 1.54) is 5.56 Å². The van der Waals surface area contributed by atoms with Crippen molar-refractivity contribution in [3.05, 3.63) is 59.7 Å². The van der Waals surface area contributed by atoms with Crippen LogP contribution in [0.3, 0.4) is 0 Å². The SMILES string of the molecule is C[C@H](NC(=S)NCc1ccc2c(c1)OCO2)c1ccccc1. The number of benzene rings is 2. The normalized spacial score (nSPS) is 13.5. The Kier molecular flexibility index (Phi) is 4.44. The van der Waals surface area contributed by atoms with Gasteiger partial charge in [-0.2, -0.15) is 0 Å². The largest absolute Gasteiger partial charge is 0.454 e. The summed E-state index contributed by atoms with van der Waals surface area (Å²) < 4.78 is 10.7. The number of nitrogens with one attached hydrogen (secondary N) is 2. The zero-order valence-electron chi connectivity index (χ0n) is 12.3. The van der Waals surface area contributed by atoms with Gasteiger partial charge in [-0.3, -0.25) is 0 Å². The summed E-state index contributed by atoms with van der Waals surface area (Å²) in [7, 11) is 0. The molecule has 0 aliphatic carbocycles. The molecular weight excluding hydrogens is 296 g/mol. The Hall–Kier alpha value is -2.27. The molecular formula is C17H18N2O2S. The van der Waals surface area contributed by atoms with Gasteiger partial charge in [-0.25, -0.2) is 0 Å². The maximum Gasteiger partial charge on any atom is 0.231 e. The molecule has 0 fully saturated rings. The van der Waals surface area contributed by atoms with Gasteiger partial charge in [0.05, 0.1) is 6.04 Å². The van der Waals surface area contributed by atoms with Crippen LogP contribution in [0.25, 0.3) is 0 Å². The molecule has 0 radical (unpaired) electrons. The first-order chi connectivity index (χ1) is 10.7. The average molecular weight is 314 g/mol. The lowest BCUT2D eigenvalue weighted by atomic mass is 10.1. The fourth-order valence-electron chi connectivity index (χ4n) is 2.31. The first-order valence-corrected chi connectivity index (χ1v) is 7.61. The standard InChI is InChI=1S/C17H18N2O2S/c1-12(14-5-3-2-4-6-14)19-17(22)18-10-13-7-8-15-16(9-13)21-11-20-15/h2-9,12H,10-11H2,1H3,(H2,18,19,22)/t12-/m0/s1. The summed E-state index contributed by atoms with van der Waals surface area (Å²) >= 11 is 5.35. The van der Waals surface area contributed by atoms with Gasteiger partial charge in [0.15, 0.2) is 16.6 Å². The number of thiocarbonyl (C=S) groups is 1. The summed E-state index contributed by atoms with van der Waals surface area (Å²) in [5.74, 6) is 1.58. The second-order valence-electron chi connectivity index (χ2n) is 5.15. The molecule has 114 valence electrons. The van der Waals surface area contributed by atoms with Crippen molar-refractivity contribution in [2.75, 3.05) is 6.79 Å². The summed E-state index contributed by atoms with van der Waals surface area (Å²) in [5.41, 5.74) is 2.30. The summed E-state index contributed by atoms with van der Waals surface area (Å²) in [6.07, 6.45) is 0. The van der Waals surface area contributed by atoms with E-state index in [1.54, 1.807) is 0 Å². The highest BCUT2D eigenvalue weighted by atomic mass is 32.1. The number of ether oxygens (including phenoxy) is 2. The minimum atomic E-state index is 0.165. The number of hydrogen-bond donors (Lipinski definition) is 2. The summed E-state index contributed by atoms with van der Waals surface area (Å²) in [6.45, 7) is 3.02. The Morgan fingerprint density at radius 3 is 2.73 bits per heavy atom. The molecule has 2 aromatic rings. The molecule has 2 aromatic carbocycles. The van der Waals surface area contributed by atoms with Crippen molar-refractivity contribution in [2.24, 2.45) is 0 Å². The van der Waals surface area contributed by atoms with Gasteiger partial charge in [0.1, 0.15) is 0 Å². The lowest BCUT2D eigenvalue weighted by Gasteiger charge is -2.17. The first kappa shape index (κ1) is 14.7. The van der Waals surface area contributed by atoms with Crippen LogP contribution in [-0.2, 0) is 6.54 Å². The Morgan fingerprint density at radius 1 is 1.14 bits per heavy atom. The van der Waals surface area contributed by atoms with Crippen LogP contribution in [0.5, 0.6) is 11.5 Å². The van der Waals surface area contributed by atoms with E-state index in [1.807, 2.05) is 36.4 Å². The van der Waals surface area contributed by atoms with Gasteiger partial charge < -0.3 is 20.1 Å². The second-order valence-corrected chi connectivity index (χ2v) is 5.56. The third-order valence-corrected chi connectivity index (χ3v) is 3.80. The van der Waals surface area contributed by atoms with Crippen LogP contribution in [0.2, 0.25) is 0 Å². The molecule has 1 atom stereocenters. The van der Waals surface area contributed by atoms with Crippen molar-refractivity contribution in [3.63, 3.8) is 0 Å². The van der Waals surface area contributed by atoms with Crippen molar-refractivity contribution in [1.29, 1.82) is 0 Å². The average Bonchev–Trinajstić information content (AvgIpc) is 3.01. The van der Waals surface area contributed by atoms with E-state index >= 15 is 0 Å². The Balaban J connectivity index is 1.52. The van der Waals surface area contributed by atoms with Gasteiger partial charge in [0, 0.05) is 6.54 Å². The van der Waals surface area contributed by atoms with Crippen molar-refractivity contribution in [2.45, 2.75) is 19.5 Å². The maximum absolute atomic E-state index is 5.37. The van der Waals surface area contributed by atoms with Crippen LogP contribution in [-0.4, -0.2) is 11.9 Å².